The smallest absolute Gasteiger partial charge is 0.273 e. The highest BCUT2D eigenvalue weighted by Crippen LogP contribution is 2.10. The molecular formula is C8H13N5O3. The van der Waals surface area contributed by atoms with Gasteiger partial charge >= 0.3 is 0 Å². The van der Waals surface area contributed by atoms with E-state index in [1.54, 1.807) is 4.90 Å². The number of fused-ring (bicyclic) bond motifs is 1. The number of hydrogen-bond acceptors (Lipinski definition) is 7. The van der Waals surface area contributed by atoms with Gasteiger partial charge in [0, 0.05) is 0 Å². The van der Waals surface area contributed by atoms with Crippen LogP contribution in [0.4, 0.5) is 0 Å². The second-order valence-corrected chi connectivity index (χ2v) is 3.37. The molecule has 1 atom stereocenters. The van der Waals surface area contributed by atoms with Gasteiger partial charge in [-0.05, 0) is 0 Å². The molecule has 0 bridgehead atoms. The van der Waals surface area contributed by atoms with Crippen LogP contribution >= 0.6 is 0 Å². The van der Waals surface area contributed by atoms with E-state index in [1.807, 2.05) is 0 Å². The molecule has 1 unspecified atom stereocenters. The van der Waals surface area contributed by atoms with Crippen molar-refractivity contribution in [3.05, 3.63) is 0 Å². The molecule has 0 aromatic carbocycles. The topological polar surface area (TPSA) is 113 Å². The molecule has 1 saturated heterocycles. The number of nitrogens with one attached hydrogen (secondary N) is 1. The first-order chi connectivity index (χ1) is 7.72. The first-order valence-electron chi connectivity index (χ1n) is 4.86. The van der Waals surface area contributed by atoms with Gasteiger partial charge in [0.1, 0.15) is 18.6 Å². The van der Waals surface area contributed by atoms with Crippen molar-refractivity contribution in [3.8, 4) is 0 Å². The Bertz CT molecular complexity index is 354. The number of aliphatic imine (C=N–C) groups is 2. The number of guanidine groups is 1. The number of amidine groups is 1. The molecule has 0 saturated carbocycles. The maximum atomic E-state index is 11.4. The van der Waals surface area contributed by atoms with Crippen LogP contribution in [0.5, 0.6) is 0 Å². The number of aliphatic hydroxyl groups is 1. The first kappa shape index (κ1) is 11.0. The van der Waals surface area contributed by atoms with E-state index in [9.17, 15) is 4.79 Å². The Hall–Kier alpha value is -1.51. The van der Waals surface area contributed by atoms with E-state index in [4.69, 9.17) is 15.6 Å². The van der Waals surface area contributed by atoms with Crippen molar-refractivity contribution in [2.45, 2.75) is 6.04 Å². The molecular weight excluding hydrogens is 214 g/mol. The molecule has 88 valence electrons. The SMILES string of the molecule is NC1=NC(=O)C2NCN(COCCO)C2=N1. The number of rotatable bonds is 4. The average molecular weight is 227 g/mol. The lowest BCUT2D eigenvalue weighted by atomic mass is 10.2. The minimum Gasteiger partial charge on any atom is -0.394 e. The Labute approximate surface area is 91.8 Å². The van der Waals surface area contributed by atoms with Crippen molar-refractivity contribution < 1.29 is 14.6 Å². The Morgan fingerprint density at radius 3 is 3.19 bits per heavy atom. The maximum absolute atomic E-state index is 11.4. The number of hydrogen-bond donors (Lipinski definition) is 3. The van der Waals surface area contributed by atoms with E-state index >= 15 is 0 Å². The minimum absolute atomic E-state index is 0.0351. The fraction of sp³-hybridized carbons (Fsp3) is 0.625. The molecule has 2 aliphatic rings. The summed E-state index contributed by atoms with van der Waals surface area (Å²) >= 11 is 0. The van der Waals surface area contributed by atoms with E-state index < -0.39 is 6.04 Å². The monoisotopic (exact) mass is 227 g/mol. The zero-order valence-corrected chi connectivity index (χ0v) is 8.59. The fourth-order valence-electron chi connectivity index (χ4n) is 1.56. The third-order valence-electron chi connectivity index (χ3n) is 2.25. The maximum Gasteiger partial charge on any atom is 0.273 e. The zero-order valence-electron chi connectivity index (χ0n) is 8.59. The van der Waals surface area contributed by atoms with Crippen LogP contribution in [0.1, 0.15) is 0 Å². The highest BCUT2D eigenvalue weighted by molar-refractivity contribution is 6.18. The summed E-state index contributed by atoms with van der Waals surface area (Å²) in [6.45, 7) is 0.901. The van der Waals surface area contributed by atoms with E-state index in [1.165, 1.54) is 0 Å². The number of nitrogens with two attached hydrogens (primary N) is 1. The third kappa shape index (κ3) is 2.03. The quantitative estimate of drug-likeness (QED) is 0.455. The van der Waals surface area contributed by atoms with Crippen LogP contribution in [-0.4, -0.2) is 60.4 Å². The van der Waals surface area contributed by atoms with Crippen LogP contribution in [-0.2, 0) is 9.53 Å². The number of carbonyl (C=O) groups is 1. The van der Waals surface area contributed by atoms with E-state index in [-0.39, 0.29) is 31.8 Å². The predicted molar refractivity (Wildman–Crippen MR) is 55.6 cm³/mol. The summed E-state index contributed by atoms with van der Waals surface area (Å²) in [6.07, 6.45) is 0. The number of carbonyl (C=O) groups excluding carboxylic acids is 1. The number of nitrogens with zero attached hydrogens (tertiary/aromatic N) is 3. The average Bonchev–Trinajstić information content (AvgIpc) is 2.62. The molecule has 2 heterocycles. The first-order valence-corrected chi connectivity index (χ1v) is 4.86. The molecule has 0 radical (unpaired) electrons. The van der Waals surface area contributed by atoms with Gasteiger partial charge in [0.25, 0.3) is 5.91 Å². The fourth-order valence-corrected chi connectivity index (χ4v) is 1.56. The molecule has 2 rings (SSSR count). The van der Waals surface area contributed by atoms with Crippen LogP contribution in [0.15, 0.2) is 9.98 Å². The molecule has 8 nitrogen and oxygen atoms in total. The number of aliphatic hydroxyl groups excluding tert-OH is 1. The van der Waals surface area contributed by atoms with Gasteiger partial charge in [-0.2, -0.15) is 9.98 Å². The summed E-state index contributed by atoms with van der Waals surface area (Å²) < 4.78 is 5.15. The predicted octanol–water partition coefficient (Wildman–Crippen LogP) is -2.56. The van der Waals surface area contributed by atoms with Gasteiger partial charge in [-0.3, -0.25) is 10.1 Å². The Morgan fingerprint density at radius 1 is 1.62 bits per heavy atom. The van der Waals surface area contributed by atoms with Gasteiger partial charge in [-0.1, -0.05) is 0 Å². The van der Waals surface area contributed by atoms with Gasteiger partial charge < -0.3 is 20.5 Å². The van der Waals surface area contributed by atoms with Crippen molar-refractivity contribution in [2.24, 2.45) is 15.7 Å². The van der Waals surface area contributed by atoms with Crippen LogP contribution in [0.3, 0.4) is 0 Å². The van der Waals surface area contributed by atoms with Crippen molar-refractivity contribution in [1.82, 2.24) is 10.2 Å². The molecule has 8 heteroatoms. The van der Waals surface area contributed by atoms with E-state index in [0.717, 1.165) is 0 Å². The summed E-state index contributed by atoms with van der Waals surface area (Å²) in [5.74, 6) is 0.148. The molecule has 0 aromatic heterocycles. The molecule has 0 spiro atoms. The standard InChI is InChI=1S/C8H13N5O3/c9-8-11-6-5(7(15)12-8)10-3-13(6)4-16-2-1-14/h5,10,14H,1-4H2,(H2,9,12,15). The normalized spacial score (nSPS) is 24.2. The summed E-state index contributed by atoms with van der Waals surface area (Å²) in [7, 11) is 0. The van der Waals surface area contributed by atoms with Crippen LogP contribution in [0.2, 0.25) is 0 Å². The molecule has 4 N–H and O–H groups in total. The molecule has 1 fully saturated rings. The minimum atomic E-state index is -0.523. The van der Waals surface area contributed by atoms with Gasteiger partial charge in [0.15, 0.2) is 0 Å². The lowest BCUT2D eigenvalue weighted by Crippen LogP contribution is -2.42. The Kier molecular flexibility index (Phi) is 3.13. The van der Waals surface area contributed by atoms with Crippen molar-refractivity contribution in [1.29, 1.82) is 0 Å². The summed E-state index contributed by atoms with van der Waals surface area (Å²) in [4.78, 5) is 20.7. The summed E-state index contributed by atoms with van der Waals surface area (Å²) in [6, 6.07) is -0.523. The zero-order chi connectivity index (χ0) is 11.5. The van der Waals surface area contributed by atoms with Gasteiger partial charge in [-0.15, -0.1) is 0 Å². The largest absolute Gasteiger partial charge is 0.394 e. The Balaban J connectivity index is 2.02. The van der Waals surface area contributed by atoms with Crippen molar-refractivity contribution in [2.75, 3.05) is 26.6 Å². The van der Waals surface area contributed by atoms with E-state index in [2.05, 4.69) is 15.3 Å². The van der Waals surface area contributed by atoms with Gasteiger partial charge in [0.05, 0.1) is 19.9 Å². The van der Waals surface area contributed by atoms with Crippen LogP contribution in [0.25, 0.3) is 0 Å². The third-order valence-corrected chi connectivity index (χ3v) is 2.25. The van der Waals surface area contributed by atoms with Crippen LogP contribution < -0.4 is 11.1 Å². The molecule has 0 aromatic rings. The highest BCUT2D eigenvalue weighted by atomic mass is 16.5. The van der Waals surface area contributed by atoms with E-state index in [0.29, 0.717) is 12.5 Å². The second kappa shape index (κ2) is 4.56. The lowest BCUT2D eigenvalue weighted by Gasteiger charge is -2.19. The number of ether oxygens (including phenoxy) is 1. The van der Waals surface area contributed by atoms with Crippen molar-refractivity contribution in [3.63, 3.8) is 0 Å². The summed E-state index contributed by atoms with van der Waals surface area (Å²) in [5, 5.41) is 11.5. The van der Waals surface area contributed by atoms with Crippen LogP contribution in [0, 0.1) is 0 Å². The van der Waals surface area contributed by atoms with Gasteiger partial charge in [0.2, 0.25) is 5.96 Å². The summed E-state index contributed by atoms with van der Waals surface area (Å²) in [5.41, 5.74) is 5.40. The Morgan fingerprint density at radius 2 is 2.44 bits per heavy atom. The van der Waals surface area contributed by atoms with Crippen molar-refractivity contribution >= 4 is 17.7 Å². The molecule has 0 aliphatic carbocycles. The molecule has 1 amide bonds. The molecule has 16 heavy (non-hydrogen) atoms. The lowest BCUT2D eigenvalue weighted by molar-refractivity contribution is -0.118. The highest BCUT2D eigenvalue weighted by Gasteiger charge is 2.37. The van der Waals surface area contributed by atoms with Gasteiger partial charge in [-0.25, -0.2) is 0 Å². The second-order valence-electron chi connectivity index (χ2n) is 3.37. The molecule has 2 aliphatic heterocycles. The number of amides is 1.